The summed E-state index contributed by atoms with van der Waals surface area (Å²) in [5.41, 5.74) is 0.454. The summed E-state index contributed by atoms with van der Waals surface area (Å²) < 4.78 is 15.5. The first kappa shape index (κ1) is 15.1. The number of nitrogens with zero attached hydrogens (tertiary/aromatic N) is 1. The van der Waals surface area contributed by atoms with Gasteiger partial charge in [-0.05, 0) is 28.1 Å². The molecular formula is C13H12BrNO4. The van der Waals surface area contributed by atoms with E-state index in [2.05, 4.69) is 20.7 Å². The molecule has 0 unspecified atom stereocenters. The van der Waals surface area contributed by atoms with Gasteiger partial charge in [-0.25, -0.2) is 4.79 Å². The van der Waals surface area contributed by atoms with Crippen LogP contribution in [0.5, 0.6) is 11.5 Å². The summed E-state index contributed by atoms with van der Waals surface area (Å²) in [5.74, 6) is 0.374. The van der Waals surface area contributed by atoms with Gasteiger partial charge in [0.15, 0.2) is 0 Å². The van der Waals surface area contributed by atoms with Crippen LogP contribution in [-0.2, 0) is 9.53 Å². The molecule has 0 heterocycles. The van der Waals surface area contributed by atoms with Gasteiger partial charge in [-0.1, -0.05) is 0 Å². The highest BCUT2D eigenvalue weighted by atomic mass is 79.9. The molecule has 0 fully saturated rings. The minimum absolute atomic E-state index is 0.113. The molecule has 0 aliphatic rings. The fourth-order valence-corrected chi connectivity index (χ4v) is 1.92. The smallest absolute Gasteiger partial charge is 0.348 e. The normalized spacial score (nSPS) is 10.6. The second kappa shape index (κ2) is 6.81. The van der Waals surface area contributed by atoms with Crippen molar-refractivity contribution in [1.29, 1.82) is 5.26 Å². The quantitative estimate of drug-likeness (QED) is 0.483. The maximum absolute atomic E-state index is 11.4. The number of hydrogen-bond donors (Lipinski definition) is 0. The molecule has 0 N–H and O–H groups in total. The second-order valence-corrected chi connectivity index (χ2v) is 4.24. The fourth-order valence-electron chi connectivity index (χ4n) is 1.40. The lowest BCUT2D eigenvalue weighted by molar-refractivity contribution is -0.135. The van der Waals surface area contributed by atoms with Gasteiger partial charge in [-0.2, -0.15) is 5.26 Å². The molecule has 0 spiro atoms. The van der Waals surface area contributed by atoms with Crippen LogP contribution >= 0.6 is 15.9 Å². The SMILES string of the molecule is COC(=O)C(C#N)=Cc1cc(Br)c(OC)cc1OC. The summed E-state index contributed by atoms with van der Waals surface area (Å²) in [6.45, 7) is 0. The Kier molecular flexibility index (Phi) is 5.39. The molecule has 0 bridgehead atoms. The van der Waals surface area contributed by atoms with Gasteiger partial charge in [0, 0.05) is 11.6 Å². The number of hydrogen-bond acceptors (Lipinski definition) is 5. The van der Waals surface area contributed by atoms with E-state index in [9.17, 15) is 4.79 Å². The van der Waals surface area contributed by atoms with E-state index in [0.717, 1.165) is 0 Å². The highest BCUT2D eigenvalue weighted by molar-refractivity contribution is 9.10. The van der Waals surface area contributed by atoms with Crippen molar-refractivity contribution in [3.05, 3.63) is 27.7 Å². The molecule has 0 aromatic heterocycles. The summed E-state index contributed by atoms with van der Waals surface area (Å²) in [5, 5.41) is 8.93. The number of benzene rings is 1. The lowest BCUT2D eigenvalue weighted by atomic mass is 10.1. The lowest BCUT2D eigenvalue weighted by Crippen LogP contribution is -2.03. The number of esters is 1. The van der Waals surface area contributed by atoms with Crippen molar-refractivity contribution in [2.45, 2.75) is 0 Å². The molecule has 1 aromatic carbocycles. The number of carbonyl (C=O) groups is 1. The molecule has 0 saturated carbocycles. The molecular weight excluding hydrogens is 314 g/mol. The highest BCUT2D eigenvalue weighted by Crippen LogP contribution is 2.34. The van der Waals surface area contributed by atoms with E-state index in [1.165, 1.54) is 27.4 Å². The van der Waals surface area contributed by atoms with Crippen LogP contribution in [0.1, 0.15) is 5.56 Å². The Hall–Kier alpha value is -2.00. The zero-order valence-corrected chi connectivity index (χ0v) is 12.3. The van der Waals surface area contributed by atoms with E-state index in [-0.39, 0.29) is 5.57 Å². The molecule has 1 aromatic rings. The maximum atomic E-state index is 11.4. The summed E-state index contributed by atoms with van der Waals surface area (Å²) in [4.78, 5) is 11.4. The van der Waals surface area contributed by atoms with E-state index in [1.807, 2.05) is 0 Å². The number of ether oxygens (including phenoxy) is 3. The fraction of sp³-hybridized carbons (Fsp3) is 0.231. The van der Waals surface area contributed by atoms with Crippen molar-refractivity contribution in [1.82, 2.24) is 0 Å². The van der Waals surface area contributed by atoms with Gasteiger partial charge < -0.3 is 14.2 Å². The summed E-state index contributed by atoms with van der Waals surface area (Å²) >= 11 is 3.33. The van der Waals surface area contributed by atoms with Gasteiger partial charge in [0.05, 0.1) is 25.8 Å². The Morgan fingerprint density at radius 1 is 1.26 bits per heavy atom. The van der Waals surface area contributed by atoms with Crippen molar-refractivity contribution in [2.24, 2.45) is 0 Å². The molecule has 0 atom stereocenters. The zero-order chi connectivity index (χ0) is 14.4. The van der Waals surface area contributed by atoms with Crippen molar-refractivity contribution in [2.75, 3.05) is 21.3 Å². The first-order chi connectivity index (χ1) is 9.07. The molecule has 1 rings (SSSR count). The molecule has 5 nitrogen and oxygen atoms in total. The van der Waals surface area contributed by atoms with E-state index < -0.39 is 5.97 Å². The van der Waals surface area contributed by atoms with Gasteiger partial charge in [0.25, 0.3) is 0 Å². The Balaban J connectivity index is 3.34. The first-order valence-corrected chi connectivity index (χ1v) is 5.98. The monoisotopic (exact) mass is 325 g/mol. The van der Waals surface area contributed by atoms with E-state index in [4.69, 9.17) is 14.7 Å². The van der Waals surface area contributed by atoms with Crippen LogP contribution in [-0.4, -0.2) is 27.3 Å². The predicted molar refractivity (Wildman–Crippen MR) is 72.9 cm³/mol. The third-order valence-electron chi connectivity index (χ3n) is 2.33. The molecule has 0 radical (unpaired) electrons. The minimum Gasteiger partial charge on any atom is -0.496 e. The van der Waals surface area contributed by atoms with E-state index in [1.54, 1.807) is 18.2 Å². The van der Waals surface area contributed by atoms with Crippen molar-refractivity contribution in [3.8, 4) is 17.6 Å². The minimum atomic E-state index is -0.698. The van der Waals surface area contributed by atoms with Crippen LogP contribution in [0.4, 0.5) is 0 Å². The van der Waals surface area contributed by atoms with Crippen LogP contribution in [0, 0.1) is 11.3 Å². The summed E-state index contributed by atoms with van der Waals surface area (Å²) in [7, 11) is 4.24. The molecule has 6 heteroatoms. The van der Waals surface area contributed by atoms with Gasteiger partial charge in [0.1, 0.15) is 23.1 Å². The van der Waals surface area contributed by atoms with Crippen LogP contribution in [0.2, 0.25) is 0 Å². The summed E-state index contributed by atoms with van der Waals surface area (Å²) in [6, 6.07) is 5.13. The molecule has 0 saturated heterocycles. The van der Waals surface area contributed by atoms with Crippen LogP contribution in [0.3, 0.4) is 0 Å². The van der Waals surface area contributed by atoms with Gasteiger partial charge >= 0.3 is 5.97 Å². The van der Waals surface area contributed by atoms with Crippen LogP contribution in [0.25, 0.3) is 6.08 Å². The largest absolute Gasteiger partial charge is 0.496 e. The molecule has 0 amide bonds. The number of methoxy groups -OCH3 is 3. The van der Waals surface area contributed by atoms with E-state index in [0.29, 0.717) is 21.5 Å². The zero-order valence-electron chi connectivity index (χ0n) is 10.7. The Labute approximate surface area is 119 Å². The lowest BCUT2D eigenvalue weighted by Gasteiger charge is -2.10. The average Bonchev–Trinajstić information content (AvgIpc) is 2.44. The van der Waals surface area contributed by atoms with Gasteiger partial charge in [0.2, 0.25) is 0 Å². The van der Waals surface area contributed by atoms with E-state index >= 15 is 0 Å². The first-order valence-electron chi connectivity index (χ1n) is 5.19. The second-order valence-electron chi connectivity index (χ2n) is 3.39. The van der Waals surface area contributed by atoms with Crippen molar-refractivity contribution >= 4 is 28.0 Å². The topological polar surface area (TPSA) is 68.6 Å². The Morgan fingerprint density at radius 2 is 1.89 bits per heavy atom. The average molecular weight is 326 g/mol. The Morgan fingerprint density at radius 3 is 2.37 bits per heavy atom. The maximum Gasteiger partial charge on any atom is 0.348 e. The highest BCUT2D eigenvalue weighted by Gasteiger charge is 2.13. The third-order valence-corrected chi connectivity index (χ3v) is 2.95. The Bertz CT molecular complexity index is 560. The summed E-state index contributed by atoms with van der Waals surface area (Å²) in [6.07, 6.45) is 1.40. The predicted octanol–water partition coefficient (Wildman–Crippen LogP) is 2.55. The van der Waals surface area contributed by atoms with Crippen molar-refractivity contribution in [3.63, 3.8) is 0 Å². The van der Waals surface area contributed by atoms with Crippen LogP contribution < -0.4 is 9.47 Å². The van der Waals surface area contributed by atoms with Crippen LogP contribution in [0.15, 0.2) is 22.2 Å². The number of rotatable bonds is 4. The number of halogens is 1. The molecule has 100 valence electrons. The molecule has 19 heavy (non-hydrogen) atoms. The van der Waals surface area contributed by atoms with Gasteiger partial charge in [-0.15, -0.1) is 0 Å². The van der Waals surface area contributed by atoms with Crippen molar-refractivity contribution < 1.29 is 19.0 Å². The molecule has 0 aliphatic heterocycles. The standard InChI is InChI=1S/C13H12BrNO4/c1-17-11-6-12(18-2)10(14)5-8(11)4-9(7-15)13(16)19-3/h4-6H,1-3H3. The molecule has 0 aliphatic carbocycles. The van der Waals surface area contributed by atoms with Gasteiger partial charge in [-0.3, -0.25) is 0 Å². The third kappa shape index (κ3) is 3.48. The number of nitriles is 1. The number of carbonyl (C=O) groups excluding carboxylic acids is 1.